The molecule has 0 heterocycles. The Hall–Kier alpha value is -1.06. The van der Waals surface area contributed by atoms with Crippen LogP contribution in [0.1, 0.15) is 72.6 Å². The first-order valence-electron chi connectivity index (χ1n) is 8.38. The Bertz CT molecular complexity index is 339. The van der Waals surface area contributed by atoms with Gasteiger partial charge in [0.05, 0.1) is 6.61 Å². The van der Waals surface area contributed by atoms with Crippen LogP contribution in [0.25, 0.3) is 0 Å². The fourth-order valence-corrected chi connectivity index (χ4v) is 2.86. The second-order valence-corrected chi connectivity index (χ2v) is 6.21. The molecule has 0 radical (unpaired) electrons. The fraction of sp³-hybridized carbons (Fsp3) is 0.882. The molecule has 0 atom stereocenters. The molecule has 0 amide bonds. The summed E-state index contributed by atoms with van der Waals surface area (Å²) in [5, 5.41) is 0. The maximum Gasteiger partial charge on any atom is 0.323 e. The molecule has 1 rings (SSSR count). The number of carbonyl (C=O) groups excluding carboxylic acids is 2. The highest BCUT2D eigenvalue weighted by Gasteiger charge is 2.46. The van der Waals surface area contributed by atoms with Crippen molar-refractivity contribution >= 4 is 11.9 Å². The zero-order chi connectivity index (χ0) is 15.9. The number of carbonyl (C=O) groups is 2. The van der Waals surface area contributed by atoms with Crippen LogP contribution in [0.15, 0.2) is 0 Å². The Morgan fingerprint density at radius 2 is 1.57 bits per heavy atom. The van der Waals surface area contributed by atoms with Gasteiger partial charge in [-0.25, -0.2) is 0 Å². The SMILES string of the molecule is CCCOC(=O)C(CC)(CC)C(=O)OC1CCC(C)CC1. The van der Waals surface area contributed by atoms with Crippen LogP contribution >= 0.6 is 0 Å². The molecule has 4 heteroatoms. The lowest BCUT2D eigenvalue weighted by Crippen LogP contribution is -2.43. The smallest absolute Gasteiger partial charge is 0.323 e. The summed E-state index contributed by atoms with van der Waals surface area (Å²) in [7, 11) is 0. The number of esters is 2. The van der Waals surface area contributed by atoms with E-state index in [1.807, 2.05) is 20.8 Å². The summed E-state index contributed by atoms with van der Waals surface area (Å²) in [5.41, 5.74) is -1.13. The lowest BCUT2D eigenvalue weighted by Gasteiger charge is -2.31. The zero-order valence-electron chi connectivity index (χ0n) is 13.9. The van der Waals surface area contributed by atoms with Crippen LogP contribution in [0, 0.1) is 11.3 Å². The van der Waals surface area contributed by atoms with E-state index in [1.165, 1.54) is 0 Å². The predicted molar refractivity (Wildman–Crippen MR) is 81.8 cm³/mol. The van der Waals surface area contributed by atoms with Crippen molar-refractivity contribution in [1.29, 1.82) is 0 Å². The van der Waals surface area contributed by atoms with Gasteiger partial charge in [0.15, 0.2) is 5.41 Å². The van der Waals surface area contributed by atoms with E-state index in [1.54, 1.807) is 0 Å². The molecule has 0 unspecified atom stereocenters. The lowest BCUT2D eigenvalue weighted by molar-refractivity contribution is -0.177. The normalized spacial score (nSPS) is 22.7. The van der Waals surface area contributed by atoms with Crippen LogP contribution in [-0.4, -0.2) is 24.6 Å². The highest BCUT2D eigenvalue weighted by molar-refractivity contribution is 6.00. The lowest BCUT2D eigenvalue weighted by atomic mass is 9.82. The largest absolute Gasteiger partial charge is 0.465 e. The van der Waals surface area contributed by atoms with E-state index in [0.29, 0.717) is 25.4 Å². The minimum atomic E-state index is -1.13. The van der Waals surface area contributed by atoms with Gasteiger partial charge in [-0.2, -0.15) is 0 Å². The summed E-state index contributed by atoms with van der Waals surface area (Å²) in [6.07, 6.45) is 5.55. The third-order valence-electron chi connectivity index (χ3n) is 4.66. The quantitative estimate of drug-likeness (QED) is 0.529. The van der Waals surface area contributed by atoms with Gasteiger partial charge >= 0.3 is 11.9 Å². The molecule has 0 aromatic rings. The van der Waals surface area contributed by atoms with Gasteiger partial charge in [-0.3, -0.25) is 9.59 Å². The maximum atomic E-state index is 12.6. The van der Waals surface area contributed by atoms with Crippen molar-refractivity contribution in [3.63, 3.8) is 0 Å². The Kier molecular flexibility index (Phi) is 7.20. The third kappa shape index (κ3) is 4.45. The van der Waals surface area contributed by atoms with Crippen LogP contribution in [-0.2, 0) is 19.1 Å². The molecule has 21 heavy (non-hydrogen) atoms. The van der Waals surface area contributed by atoms with Crippen LogP contribution < -0.4 is 0 Å². The van der Waals surface area contributed by atoms with E-state index in [0.717, 1.165) is 32.1 Å². The highest BCUT2D eigenvalue weighted by Crippen LogP contribution is 2.33. The molecule has 1 aliphatic rings. The summed E-state index contributed by atoms with van der Waals surface area (Å²) in [4.78, 5) is 24.9. The predicted octanol–water partition coefficient (Wildman–Crippen LogP) is 3.87. The standard InChI is InChI=1S/C17H30O4/c1-5-12-20-15(18)17(6-2,7-3)16(19)21-14-10-8-13(4)9-11-14/h13-14H,5-12H2,1-4H3. The molecule has 4 nitrogen and oxygen atoms in total. The molecule has 1 aliphatic carbocycles. The molecule has 1 saturated carbocycles. The molecule has 0 aromatic carbocycles. The van der Waals surface area contributed by atoms with E-state index in [4.69, 9.17) is 9.47 Å². The van der Waals surface area contributed by atoms with Crippen molar-refractivity contribution in [2.75, 3.05) is 6.61 Å². The van der Waals surface area contributed by atoms with Crippen molar-refractivity contribution in [2.24, 2.45) is 11.3 Å². The van der Waals surface area contributed by atoms with Gasteiger partial charge in [0, 0.05) is 0 Å². The van der Waals surface area contributed by atoms with E-state index in [-0.39, 0.29) is 6.10 Å². The monoisotopic (exact) mass is 298 g/mol. The Labute approximate surface area is 128 Å². The van der Waals surface area contributed by atoms with Crippen molar-refractivity contribution in [3.05, 3.63) is 0 Å². The van der Waals surface area contributed by atoms with E-state index < -0.39 is 17.4 Å². The average molecular weight is 298 g/mol. The van der Waals surface area contributed by atoms with Crippen LogP contribution in [0.4, 0.5) is 0 Å². The number of hydrogen-bond donors (Lipinski definition) is 0. The molecule has 0 aliphatic heterocycles. The van der Waals surface area contributed by atoms with Gasteiger partial charge in [0.25, 0.3) is 0 Å². The van der Waals surface area contributed by atoms with Crippen molar-refractivity contribution < 1.29 is 19.1 Å². The summed E-state index contributed by atoms with van der Waals surface area (Å²) in [6, 6.07) is 0. The summed E-state index contributed by atoms with van der Waals surface area (Å²) in [6.45, 7) is 8.22. The third-order valence-corrected chi connectivity index (χ3v) is 4.66. The second-order valence-electron chi connectivity index (χ2n) is 6.21. The second kappa shape index (κ2) is 8.40. The van der Waals surface area contributed by atoms with Crippen LogP contribution in [0.5, 0.6) is 0 Å². The van der Waals surface area contributed by atoms with Gasteiger partial charge in [0.2, 0.25) is 0 Å². The van der Waals surface area contributed by atoms with Crippen molar-refractivity contribution in [3.8, 4) is 0 Å². The first kappa shape index (κ1) is 18.0. The average Bonchev–Trinajstić information content (AvgIpc) is 2.49. The molecule has 0 N–H and O–H groups in total. The molecular weight excluding hydrogens is 268 g/mol. The van der Waals surface area contributed by atoms with E-state index >= 15 is 0 Å². The van der Waals surface area contributed by atoms with Gasteiger partial charge in [-0.05, 0) is 50.9 Å². The number of ether oxygens (including phenoxy) is 2. The Balaban J connectivity index is 2.70. The first-order chi connectivity index (χ1) is 10.00. The number of hydrogen-bond acceptors (Lipinski definition) is 4. The summed E-state index contributed by atoms with van der Waals surface area (Å²) < 4.78 is 10.9. The first-order valence-corrected chi connectivity index (χ1v) is 8.38. The molecule has 122 valence electrons. The van der Waals surface area contributed by atoms with Gasteiger partial charge in [-0.15, -0.1) is 0 Å². The van der Waals surface area contributed by atoms with Crippen LogP contribution in [0.3, 0.4) is 0 Å². The number of rotatable bonds is 7. The minimum Gasteiger partial charge on any atom is -0.465 e. The van der Waals surface area contributed by atoms with Gasteiger partial charge in [-0.1, -0.05) is 27.7 Å². The van der Waals surface area contributed by atoms with Crippen molar-refractivity contribution in [1.82, 2.24) is 0 Å². The van der Waals surface area contributed by atoms with Crippen molar-refractivity contribution in [2.45, 2.75) is 78.7 Å². The fourth-order valence-electron chi connectivity index (χ4n) is 2.86. The Morgan fingerprint density at radius 3 is 2.05 bits per heavy atom. The summed E-state index contributed by atoms with van der Waals surface area (Å²) >= 11 is 0. The molecule has 0 aromatic heterocycles. The van der Waals surface area contributed by atoms with Crippen LogP contribution in [0.2, 0.25) is 0 Å². The highest BCUT2D eigenvalue weighted by atomic mass is 16.6. The Morgan fingerprint density at radius 1 is 1.00 bits per heavy atom. The van der Waals surface area contributed by atoms with E-state index in [2.05, 4.69) is 6.92 Å². The molecule has 0 saturated heterocycles. The molecule has 0 bridgehead atoms. The molecule has 1 fully saturated rings. The maximum absolute atomic E-state index is 12.6. The molecule has 0 spiro atoms. The zero-order valence-corrected chi connectivity index (χ0v) is 13.9. The summed E-state index contributed by atoms with van der Waals surface area (Å²) in [5.74, 6) is -0.117. The molecular formula is C17H30O4. The van der Waals surface area contributed by atoms with Gasteiger partial charge in [0.1, 0.15) is 6.10 Å². The van der Waals surface area contributed by atoms with Gasteiger partial charge < -0.3 is 9.47 Å². The van der Waals surface area contributed by atoms with E-state index in [9.17, 15) is 9.59 Å². The minimum absolute atomic E-state index is 0.0369. The topological polar surface area (TPSA) is 52.6 Å².